The Bertz CT molecular complexity index is 352. The highest BCUT2D eigenvalue weighted by Gasteiger charge is 2.21. The van der Waals surface area contributed by atoms with Gasteiger partial charge in [-0.15, -0.1) is 11.8 Å². The summed E-state index contributed by atoms with van der Waals surface area (Å²) < 4.78 is 0. The monoisotopic (exact) mass is 297 g/mol. The van der Waals surface area contributed by atoms with Crippen LogP contribution in [0.2, 0.25) is 0 Å². The summed E-state index contributed by atoms with van der Waals surface area (Å²) in [6.07, 6.45) is 8.50. The highest BCUT2D eigenvalue weighted by molar-refractivity contribution is 8.04. The molecule has 0 aromatic carbocycles. The zero-order valence-corrected chi connectivity index (χ0v) is 13.6. The number of thioether (sulfide) groups is 1. The van der Waals surface area contributed by atoms with E-state index in [1.54, 1.807) is 17.8 Å². The molecule has 20 heavy (non-hydrogen) atoms. The normalized spacial score (nSPS) is 17.2. The Kier molecular flexibility index (Phi) is 8.86. The second kappa shape index (κ2) is 10.2. The summed E-state index contributed by atoms with van der Waals surface area (Å²) in [5.41, 5.74) is 0. The minimum atomic E-state index is 0.0722. The van der Waals surface area contributed by atoms with Gasteiger partial charge in [-0.2, -0.15) is 0 Å². The molecule has 1 aliphatic heterocycles. The van der Waals surface area contributed by atoms with E-state index >= 15 is 0 Å². The van der Waals surface area contributed by atoms with Crippen molar-refractivity contribution in [3.63, 3.8) is 0 Å². The number of hydrogen-bond donors (Lipinski definition) is 0. The number of carbonyl (C=O) groups is 2. The standard InChI is InChI=1S/C16H27NO2S/c1-3-5-7-8-10-20-16-11-14(18)12-17(9-6-4-2)13-15(16)19/h11H,3-10,12-13H2,1-2H3. The molecular formula is C16H27NO2S. The number of carbonyl (C=O) groups excluding carboxylic acids is 2. The van der Waals surface area contributed by atoms with Crippen LogP contribution in [0.15, 0.2) is 11.0 Å². The molecule has 0 aromatic heterocycles. The molecule has 0 radical (unpaired) electrons. The van der Waals surface area contributed by atoms with E-state index in [0.717, 1.165) is 31.6 Å². The van der Waals surface area contributed by atoms with Crippen LogP contribution >= 0.6 is 11.8 Å². The lowest BCUT2D eigenvalue weighted by Crippen LogP contribution is -2.32. The molecule has 0 N–H and O–H groups in total. The molecule has 0 atom stereocenters. The number of Topliss-reactive ketones (excluding diaryl/α,β-unsaturated/α-hetero) is 1. The summed E-state index contributed by atoms with van der Waals surface area (Å²) in [5, 5.41) is 0. The van der Waals surface area contributed by atoms with Gasteiger partial charge in [0.1, 0.15) is 0 Å². The van der Waals surface area contributed by atoms with Gasteiger partial charge in [-0.05, 0) is 31.2 Å². The molecule has 114 valence electrons. The Labute approximate surface area is 127 Å². The van der Waals surface area contributed by atoms with Crippen molar-refractivity contribution in [3.8, 4) is 0 Å². The fourth-order valence-corrected chi connectivity index (χ4v) is 3.21. The first kappa shape index (κ1) is 17.4. The van der Waals surface area contributed by atoms with E-state index in [4.69, 9.17) is 0 Å². The quantitative estimate of drug-likeness (QED) is 0.611. The minimum absolute atomic E-state index is 0.0722. The summed E-state index contributed by atoms with van der Waals surface area (Å²) in [7, 11) is 0. The topological polar surface area (TPSA) is 37.4 Å². The lowest BCUT2D eigenvalue weighted by atomic mass is 10.2. The smallest absolute Gasteiger partial charge is 0.183 e. The van der Waals surface area contributed by atoms with Crippen LogP contribution in [0.1, 0.15) is 52.4 Å². The number of unbranched alkanes of at least 4 members (excludes halogenated alkanes) is 4. The Morgan fingerprint density at radius 1 is 1.05 bits per heavy atom. The van der Waals surface area contributed by atoms with E-state index in [2.05, 4.69) is 13.8 Å². The van der Waals surface area contributed by atoms with Crippen molar-refractivity contribution in [2.45, 2.75) is 52.4 Å². The third kappa shape index (κ3) is 6.71. The van der Waals surface area contributed by atoms with Crippen molar-refractivity contribution in [1.29, 1.82) is 0 Å². The van der Waals surface area contributed by atoms with Gasteiger partial charge >= 0.3 is 0 Å². The van der Waals surface area contributed by atoms with Crippen molar-refractivity contribution in [2.24, 2.45) is 0 Å². The molecule has 0 unspecified atom stereocenters. The fraction of sp³-hybridized carbons (Fsp3) is 0.750. The molecule has 0 amide bonds. The molecular weight excluding hydrogens is 270 g/mol. The van der Waals surface area contributed by atoms with E-state index in [1.807, 2.05) is 4.90 Å². The highest BCUT2D eigenvalue weighted by Crippen LogP contribution is 2.21. The average Bonchev–Trinajstić information content (AvgIpc) is 2.55. The second-order valence-corrected chi connectivity index (χ2v) is 6.51. The summed E-state index contributed by atoms with van der Waals surface area (Å²) in [6.45, 7) is 5.95. The predicted octanol–water partition coefficient (Wildman–Crippen LogP) is 3.44. The molecule has 1 heterocycles. The molecule has 1 aliphatic rings. The van der Waals surface area contributed by atoms with Crippen LogP contribution in [0.5, 0.6) is 0 Å². The molecule has 0 spiro atoms. The van der Waals surface area contributed by atoms with Crippen LogP contribution in [0, 0.1) is 0 Å². The third-order valence-corrected chi connectivity index (χ3v) is 4.55. The SMILES string of the molecule is CCCCCCSC1=CC(=O)CN(CCCC)CC1=O. The predicted molar refractivity (Wildman–Crippen MR) is 86.0 cm³/mol. The molecule has 4 heteroatoms. The molecule has 0 fully saturated rings. The van der Waals surface area contributed by atoms with Crippen LogP contribution in [-0.4, -0.2) is 41.9 Å². The number of nitrogens with zero attached hydrogens (tertiary/aromatic N) is 1. The molecule has 0 aromatic rings. The summed E-state index contributed by atoms with van der Waals surface area (Å²) >= 11 is 1.56. The van der Waals surface area contributed by atoms with E-state index in [1.165, 1.54) is 19.3 Å². The van der Waals surface area contributed by atoms with Crippen molar-refractivity contribution in [1.82, 2.24) is 4.90 Å². The Morgan fingerprint density at radius 3 is 2.50 bits per heavy atom. The Hall–Kier alpha value is -0.610. The van der Waals surface area contributed by atoms with E-state index in [9.17, 15) is 9.59 Å². The second-order valence-electron chi connectivity index (χ2n) is 5.37. The van der Waals surface area contributed by atoms with Gasteiger partial charge in [0, 0.05) is 0 Å². The first-order valence-electron chi connectivity index (χ1n) is 7.80. The summed E-state index contributed by atoms with van der Waals surface area (Å²) in [4.78, 5) is 26.7. The number of hydrogen-bond acceptors (Lipinski definition) is 4. The van der Waals surface area contributed by atoms with Crippen LogP contribution in [0.4, 0.5) is 0 Å². The van der Waals surface area contributed by atoms with Gasteiger partial charge in [0.15, 0.2) is 11.6 Å². The maximum Gasteiger partial charge on any atom is 0.183 e. The van der Waals surface area contributed by atoms with Crippen molar-refractivity contribution >= 4 is 23.3 Å². The van der Waals surface area contributed by atoms with E-state index < -0.39 is 0 Å². The van der Waals surface area contributed by atoms with Gasteiger partial charge in [0.25, 0.3) is 0 Å². The van der Waals surface area contributed by atoms with Crippen LogP contribution < -0.4 is 0 Å². The molecule has 0 bridgehead atoms. The maximum atomic E-state index is 12.2. The molecule has 0 saturated carbocycles. The Balaban J connectivity index is 2.42. The molecule has 0 aliphatic carbocycles. The first-order chi connectivity index (χ1) is 9.67. The van der Waals surface area contributed by atoms with Crippen molar-refractivity contribution < 1.29 is 9.59 Å². The van der Waals surface area contributed by atoms with E-state index in [-0.39, 0.29) is 11.6 Å². The van der Waals surface area contributed by atoms with Gasteiger partial charge in [0.2, 0.25) is 0 Å². The third-order valence-electron chi connectivity index (χ3n) is 3.40. The van der Waals surface area contributed by atoms with Gasteiger partial charge in [0.05, 0.1) is 18.0 Å². The maximum absolute atomic E-state index is 12.2. The fourth-order valence-electron chi connectivity index (χ4n) is 2.20. The number of ketones is 2. The van der Waals surface area contributed by atoms with Crippen LogP contribution in [0.25, 0.3) is 0 Å². The van der Waals surface area contributed by atoms with Gasteiger partial charge in [-0.1, -0.05) is 39.5 Å². The first-order valence-corrected chi connectivity index (χ1v) is 8.78. The minimum Gasteiger partial charge on any atom is -0.293 e. The average molecular weight is 297 g/mol. The van der Waals surface area contributed by atoms with Gasteiger partial charge in [-0.3, -0.25) is 14.5 Å². The molecule has 1 rings (SSSR count). The zero-order chi connectivity index (χ0) is 14.8. The van der Waals surface area contributed by atoms with E-state index in [0.29, 0.717) is 18.0 Å². The molecule has 0 saturated heterocycles. The highest BCUT2D eigenvalue weighted by atomic mass is 32.2. The summed E-state index contributed by atoms with van der Waals surface area (Å²) in [6, 6.07) is 0. The number of rotatable bonds is 9. The Morgan fingerprint density at radius 2 is 1.80 bits per heavy atom. The van der Waals surface area contributed by atoms with Crippen LogP contribution in [0.3, 0.4) is 0 Å². The largest absolute Gasteiger partial charge is 0.293 e. The lowest BCUT2D eigenvalue weighted by molar-refractivity contribution is -0.117. The van der Waals surface area contributed by atoms with Crippen molar-refractivity contribution in [3.05, 3.63) is 11.0 Å². The van der Waals surface area contributed by atoms with Crippen molar-refractivity contribution in [2.75, 3.05) is 25.4 Å². The van der Waals surface area contributed by atoms with Crippen LogP contribution in [-0.2, 0) is 9.59 Å². The lowest BCUT2D eigenvalue weighted by Gasteiger charge is -2.17. The zero-order valence-electron chi connectivity index (χ0n) is 12.8. The molecule has 3 nitrogen and oxygen atoms in total. The van der Waals surface area contributed by atoms with Gasteiger partial charge in [-0.25, -0.2) is 0 Å². The summed E-state index contributed by atoms with van der Waals surface area (Å²) in [5.74, 6) is 1.13. The van der Waals surface area contributed by atoms with Gasteiger partial charge < -0.3 is 0 Å².